The Morgan fingerprint density at radius 2 is 1.40 bits per heavy atom. The SMILES string of the molecule is C=C(/C=C\C=C/C)[C@@H](NC(=O)OC)C(=O)N1CCC[C@H]1c1ncc(-c2ccc3cc(-c4ccc(-c5cnc([C@@H]6SCCN6C(=O)[C@@H](NC(=O)OC)C(C)C)[nH]5)cc4)ccc3c2)[nH]1. The van der Waals surface area contributed by atoms with Gasteiger partial charge in [0.1, 0.15) is 29.1 Å². The van der Waals surface area contributed by atoms with Gasteiger partial charge in [-0.1, -0.05) is 93.3 Å². The van der Waals surface area contributed by atoms with Crippen LogP contribution in [0.3, 0.4) is 0 Å². The summed E-state index contributed by atoms with van der Waals surface area (Å²) in [5.41, 5.74) is 6.21. The van der Waals surface area contributed by atoms with Crippen molar-refractivity contribution in [2.75, 3.05) is 33.1 Å². The molecule has 15 heteroatoms. The Morgan fingerprint density at radius 1 is 0.790 bits per heavy atom. The van der Waals surface area contributed by atoms with E-state index in [0.717, 1.165) is 63.0 Å². The second kappa shape index (κ2) is 19.4. The zero-order valence-corrected chi connectivity index (χ0v) is 36.3. The van der Waals surface area contributed by atoms with Gasteiger partial charge >= 0.3 is 12.2 Å². The lowest BCUT2D eigenvalue weighted by Crippen LogP contribution is -2.51. The second-order valence-corrected chi connectivity index (χ2v) is 16.7. The van der Waals surface area contributed by atoms with Gasteiger partial charge in [0.2, 0.25) is 5.91 Å². The number of imidazole rings is 2. The van der Waals surface area contributed by atoms with E-state index >= 15 is 0 Å². The molecule has 0 spiro atoms. The van der Waals surface area contributed by atoms with Crippen LogP contribution in [0.1, 0.15) is 56.7 Å². The Kier molecular flexibility index (Phi) is 13.6. The molecule has 322 valence electrons. The van der Waals surface area contributed by atoms with Crippen LogP contribution in [0.15, 0.2) is 110 Å². The van der Waals surface area contributed by atoms with Crippen LogP contribution in [0, 0.1) is 5.92 Å². The molecule has 2 aromatic heterocycles. The molecular weight excluding hydrogens is 805 g/mol. The number of benzene rings is 3. The zero-order chi connectivity index (χ0) is 43.9. The molecule has 4 atom stereocenters. The van der Waals surface area contributed by atoms with Crippen LogP contribution in [-0.2, 0) is 19.1 Å². The molecule has 4 N–H and O–H groups in total. The fourth-order valence-corrected chi connectivity index (χ4v) is 9.05. The van der Waals surface area contributed by atoms with Crippen molar-refractivity contribution in [1.82, 2.24) is 40.4 Å². The highest BCUT2D eigenvalue weighted by atomic mass is 32.2. The van der Waals surface area contributed by atoms with Gasteiger partial charge in [-0.3, -0.25) is 9.59 Å². The van der Waals surface area contributed by atoms with Gasteiger partial charge in [0.25, 0.3) is 5.91 Å². The predicted molar refractivity (Wildman–Crippen MR) is 242 cm³/mol. The molecule has 0 aliphatic carbocycles. The molecule has 7 rings (SSSR count). The number of allylic oxidation sites excluding steroid dienone is 3. The Balaban J connectivity index is 1.03. The lowest BCUT2D eigenvalue weighted by atomic mass is 9.98. The van der Waals surface area contributed by atoms with Crippen LogP contribution in [0.2, 0.25) is 0 Å². The summed E-state index contributed by atoms with van der Waals surface area (Å²) < 4.78 is 9.57. The van der Waals surface area contributed by atoms with E-state index in [0.29, 0.717) is 30.3 Å². The summed E-state index contributed by atoms with van der Waals surface area (Å²) in [6.07, 6.45) is 11.0. The van der Waals surface area contributed by atoms with Gasteiger partial charge in [-0.15, -0.1) is 11.8 Å². The minimum absolute atomic E-state index is 0.118. The van der Waals surface area contributed by atoms with Crippen LogP contribution in [0.4, 0.5) is 9.59 Å². The number of hydrogen-bond acceptors (Lipinski definition) is 9. The topological polar surface area (TPSA) is 175 Å². The van der Waals surface area contributed by atoms with Gasteiger partial charge in [0.05, 0.1) is 44.0 Å². The third-order valence-corrected chi connectivity index (χ3v) is 12.4. The van der Waals surface area contributed by atoms with E-state index in [-0.39, 0.29) is 29.1 Å². The number of ether oxygens (including phenoxy) is 2. The largest absolute Gasteiger partial charge is 0.453 e. The third kappa shape index (κ3) is 9.47. The molecule has 0 unspecified atom stereocenters. The fourth-order valence-electron chi connectivity index (χ4n) is 7.85. The van der Waals surface area contributed by atoms with Crippen molar-refractivity contribution in [3.8, 4) is 33.6 Å². The molecule has 3 aromatic carbocycles. The molecule has 5 aromatic rings. The highest BCUT2D eigenvalue weighted by Gasteiger charge is 2.39. The average molecular weight is 857 g/mol. The van der Waals surface area contributed by atoms with Crippen molar-refractivity contribution in [2.45, 2.75) is 57.1 Å². The van der Waals surface area contributed by atoms with Crippen molar-refractivity contribution in [2.24, 2.45) is 5.92 Å². The molecule has 2 aliphatic rings. The highest BCUT2D eigenvalue weighted by Crippen LogP contribution is 2.39. The molecule has 2 fully saturated rings. The van der Waals surface area contributed by atoms with Gasteiger partial charge in [-0.05, 0) is 70.9 Å². The number of rotatable bonds is 13. The van der Waals surface area contributed by atoms with Gasteiger partial charge in [-0.25, -0.2) is 19.6 Å². The first-order chi connectivity index (χ1) is 30.0. The number of methoxy groups -OCH3 is 2. The molecule has 4 amide bonds. The van der Waals surface area contributed by atoms with Crippen LogP contribution < -0.4 is 10.6 Å². The summed E-state index contributed by atoms with van der Waals surface area (Å²) in [6.45, 7) is 10.8. The molecule has 62 heavy (non-hydrogen) atoms. The minimum Gasteiger partial charge on any atom is -0.453 e. The number of carbonyl (C=O) groups excluding carboxylic acids is 4. The van der Waals surface area contributed by atoms with Gasteiger partial charge < -0.3 is 39.9 Å². The van der Waals surface area contributed by atoms with Crippen molar-refractivity contribution in [3.63, 3.8) is 0 Å². The Labute approximate surface area is 365 Å². The Hall–Kier alpha value is -6.61. The maximum absolute atomic E-state index is 13.9. The Bertz CT molecular complexity index is 2510. The monoisotopic (exact) mass is 856 g/mol. The number of thioether (sulfide) groups is 1. The smallest absolute Gasteiger partial charge is 0.407 e. The van der Waals surface area contributed by atoms with E-state index in [2.05, 4.69) is 92.8 Å². The van der Waals surface area contributed by atoms with E-state index in [1.807, 2.05) is 32.9 Å². The number of amides is 4. The van der Waals surface area contributed by atoms with Gasteiger partial charge in [0, 0.05) is 24.4 Å². The normalized spacial score (nSPS) is 17.5. The molecule has 0 bridgehead atoms. The number of nitrogens with one attached hydrogen (secondary N) is 4. The highest BCUT2D eigenvalue weighted by molar-refractivity contribution is 7.99. The third-order valence-electron chi connectivity index (χ3n) is 11.2. The number of fused-ring (bicyclic) bond motifs is 1. The lowest BCUT2D eigenvalue weighted by Gasteiger charge is -2.29. The van der Waals surface area contributed by atoms with Crippen molar-refractivity contribution in [1.29, 1.82) is 0 Å². The summed E-state index contributed by atoms with van der Waals surface area (Å²) >= 11 is 1.64. The predicted octanol–water partition coefficient (Wildman–Crippen LogP) is 8.32. The summed E-state index contributed by atoms with van der Waals surface area (Å²) in [4.78, 5) is 71.5. The number of hydrogen-bond donors (Lipinski definition) is 4. The summed E-state index contributed by atoms with van der Waals surface area (Å²) in [5, 5.41) is 7.21. The summed E-state index contributed by atoms with van der Waals surface area (Å²) in [5.74, 6) is 1.58. The standard InChI is InChI=1S/C47H52N8O6S/c1-7-8-9-11-29(4)40(53-47(59)61-6)44(57)54-21-10-12-38(54)41-48-27-37(50-41)35-20-19-33-24-32(17-18-34(33)25-35)30-13-15-31(16-14-30)36-26-49-42(51-36)45-55(22-23-62-45)43(56)39(28(2)3)52-46(58)60-5/h7-9,11,13-20,24-28,38-40,45H,4,10,12,21-23H2,1-3,5-6H3,(H,48,50)(H,49,51)(H,52,58)(H,53,59)/b8-7-,11-9-/t38-,39-,40+,45-/m0/s1. The minimum atomic E-state index is -0.984. The fraction of sp³-hybridized carbons (Fsp3) is 0.319. The van der Waals surface area contributed by atoms with E-state index in [4.69, 9.17) is 14.5 Å². The van der Waals surface area contributed by atoms with E-state index in [1.165, 1.54) is 14.2 Å². The molecule has 2 saturated heterocycles. The average Bonchev–Trinajstić information content (AvgIpc) is 4.14. The van der Waals surface area contributed by atoms with Crippen LogP contribution >= 0.6 is 11.8 Å². The molecule has 0 radical (unpaired) electrons. The summed E-state index contributed by atoms with van der Waals surface area (Å²) in [6, 6.07) is 19.0. The van der Waals surface area contributed by atoms with Crippen LogP contribution in [0.5, 0.6) is 0 Å². The molecule has 0 saturated carbocycles. The molecule has 4 heterocycles. The Morgan fingerprint density at radius 3 is 2.10 bits per heavy atom. The number of nitrogens with zero attached hydrogens (tertiary/aromatic N) is 4. The number of H-pyrrole nitrogens is 2. The number of aromatic nitrogens is 4. The maximum atomic E-state index is 13.9. The van der Waals surface area contributed by atoms with Gasteiger partial charge in [-0.2, -0.15) is 0 Å². The number of carbonyl (C=O) groups is 4. The van der Waals surface area contributed by atoms with Gasteiger partial charge in [0.15, 0.2) is 0 Å². The lowest BCUT2D eigenvalue weighted by molar-refractivity contribution is -0.135. The number of likely N-dealkylation sites (tertiary alicyclic amines) is 1. The number of aromatic amines is 2. The second-order valence-electron chi connectivity index (χ2n) is 15.5. The zero-order valence-electron chi connectivity index (χ0n) is 35.5. The van der Waals surface area contributed by atoms with E-state index in [1.54, 1.807) is 46.1 Å². The molecule has 2 aliphatic heterocycles. The van der Waals surface area contributed by atoms with Crippen molar-refractivity contribution in [3.05, 3.63) is 121 Å². The first kappa shape index (κ1) is 43.5. The number of alkyl carbamates (subject to hydrolysis) is 2. The first-order valence-electron chi connectivity index (χ1n) is 20.6. The maximum Gasteiger partial charge on any atom is 0.407 e. The van der Waals surface area contributed by atoms with Crippen LogP contribution in [-0.4, -0.2) is 98.9 Å². The quantitative estimate of drug-likeness (QED) is 0.0849. The van der Waals surface area contributed by atoms with E-state index < -0.39 is 24.3 Å². The summed E-state index contributed by atoms with van der Waals surface area (Å²) in [7, 11) is 2.55. The van der Waals surface area contributed by atoms with Crippen molar-refractivity contribution >= 4 is 46.5 Å². The van der Waals surface area contributed by atoms with Crippen LogP contribution in [0.25, 0.3) is 44.4 Å². The van der Waals surface area contributed by atoms with Crippen molar-refractivity contribution < 1.29 is 28.7 Å². The molecule has 14 nitrogen and oxygen atoms in total. The van der Waals surface area contributed by atoms with E-state index in [9.17, 15) is 19.2 Å². The first-order valence-corrected chi connectivity index (χ1v) is 21.7. The molecular formula is C47H52N8O6S.